The van der Waals surface area contributed by atoms with E-state index < -0.39 is 0 Å². The lowest BCUT2D eigenvalue weighted by Crippen LogP contribution is -2.25. The number of carbonyl (C=O) groups is 1. The van der Waals surface area contributed by atoms with E-state index in [1.807, 2.05) is 18.5 Å². The Balaban J connectivity index is 1.31. The average Bonchev–Trinajstić information content (AvgIpc) is 3.20. The van der Waals surface area contributed by atoms with Gasteiger partial charge in [0, 0.05) is 42.3 Å². The minimum absolute atomic E-state index is 0.140. The van der Waals surface area contributed by atoms with Gasteiger partial charge in [-0.05, 0) is 36.1 Å². The van der Waals surface area contributed by atoms with E-state index in [0.29, 0.717) is 12.1 Å². The Hall–Kier alpha value is -3.54. The monoisotopic (exact) mass is 357 g/mol. The molecule has 1 amide bonds. The van der Waals surface area contributed by atoms with Gasteiger partial charge in [-0.15, -0.1) is 0 Å². The summed E-state index contributed by atoms with van der Waals surface area (Å²) in [5.74, 6) is -0.140. The van der Waals surface area contributed by atoms with Gasteiger partial charge >= 0.3 is 0 Å². The average molecular weight is 357 g/mol. The van der Waals surface area contributed by atoms with E-state index in [1.165, 1.54) is 24.3 Å². The first-order chi connectivity index (χ1) is 13.3. The quantitative estimate of drug-likeness (QED) is 0.518. The molecule has 0 aliphatic carbocycles. The summed E-state index contributed by atoms with van der Waals surface area (Å²) in [5, 5.41) is 4.00. The number of aryl methyl sites for hydroxylation is 1. The molecule has 0 aliphatic rings. The number of amides is 1. The number of nitrogens with one attached hydrogen (secondary N) is 2. The Morgan fingerprint density at radius 3 is 2.63 bits per heavy atom. The van der Waals surface area contributed by atoms with Crippen LogP contribution in [-0.2, 0) is 6.42 Å². The molecular weight excluding hydrogens is 338 g/mol. The lowest BCUT2D eigenvalue weighted by atomic mass is 10.0. The second kappa shape index (κ2) is 7.78. The smallest absolute Gasteiger partial charge is 0.254 e. The standard InChI is InChI=1S/C21H19N5O/c27-21(19-11-22-14-23-12-19)25-8-1-2-15-3-5-16(6-4-15)18-10-17-7-9-24-20(17)26-13-18/h3-7,9-14H,1-2,8H2,(H,24,26)(H,25,27). The Labute approximate surface area is 156 Å². The lowest BCUT2D eigenvalue weighted by molar-refractivity contribution is 0.0952. The second-order valence-corrected chi connectivity index (χ2v) is 6.32. The predicted octanol–water partition coefficient (Wildman–Crippen LogP) is 3.38. The van der Waals surface area contributed by atoms with Gasteiger partial charge in [-0.2, -0.15) is 0 Å². The van der Waals surface area contributed by atoms with Gasteiger partial charge in [0.2, 0.25) is 0 Å². The molecule has 27 heavy (non-hydrogen) atoms. The third-order valence-electron chi connectivity index (χ3n) is 4.44. The number of pyridine rings is 1. The zero-order valence-electron chi connectivity index (χ0n) is 14.7. The highest BCUT2D eigenvalue weighted by Gasteiger charge is 2.05. The summed E-state index contributed by atoms with van der Waals surface area (Å²) in [5.41, 5.74) is 4.87. The lowest BCUT2D eigenvalue weighted by Gasteiger charge is -2.06. The Morgan fingerprint density at radius 2 is 1.81 bits per heavy atom. The van der Waals surface area contributed by atoms with Gasteiger partial charge in [0.15, 0.2) is 0 Å². The maximum Gasteiger partial charge on any atom is 0.254 e. The van der Waals surface area contributed by atoms with Gasteiger partial charge in [-0.25, -0.2) is 15.0 Å². The fourth-order valence-corrected chi connectivity index (χ4v) is 2.97. The molecule has 134 valence electrons. The van der Waals surface area contributed by atoms with Crippen LogP contribution in [0, 0.1) is 0 Å². The van der Waals surface area contributed by atoms with Crippen LogP contribution < -0.4 is 5.32 Å². The van der Waals surface area contributed by atoms with Gasteiger partial charge in [-0.3, -0.25) is 4.79 Å². The maximum atomic E-state index is 11.9. The molecule has 6 heteroatoms. The molecule has 4 rings (SSSR count). The summed E-state index contributed by atoms with van der Waals surface area (Å²) >= 11 is 0. The summed E-state index contributed by atoms with van der Waals surface area (Å²) < 4.78 is 0. The van der Waals surface area contributed by atoms with E-state index in [4.69, 9.17) is 0 Å². The van der Waals surface area contributed by atoms with Crippen molar-refractivity contribution in [2.45, 2.75) is 12.8 Å². The van der Waals surface area contributed by atoms with Crippen LogP contribution in [-0.4, -0.2) is 32.4 Å². The van der Waals surface area contributed by atoms with Crippen molar-refractivity contribution in [2.24, 2.45) is 0 Å². The van der Waals surface area contributed by atoms with Crippen LogP contribution in [0.25, 0.3) is 22.2 Å². The molecule has 3 heterocycles. The number of carbonyl (C=O) groups excluding carboxylic acids is 1. The molecule has 1 aromatic carbocycles. The zero-order chi connectivity index (χ0) is 18.5. The highest BCUT2D eigenvalue weighted by molar-refractivity contribution is 5.93. The van der Waals surface area contributed by atoms with Crippen molar-refractivity contribution in [1.29, 1.82) is 0 Å². The topological polar surface area (TPSA) is 83.6 Å². The fraction of sp³-hybridized carbons (Fsp3) is 0.143. The predicted molar refractivity (Wildman–Crippen MR) is 104 cm³/mol. The highest BCUT2D eigenvalue weighted by Crippen LogP contribution is 2.22. The van der Waals surface area contributed by atoms with Gasteiger partial charge in [0.25, 0.3) is 5.91 Å². The van der Waals surface area contributed by atoms with Crippen LogP contribution in [0.3, 0.4) is 0 Å². The second-order valence-electron chi connectivity index (χ2n) is 6.32. The first kappa shape index (κ1) is 16.9. The largest absolute Gasteiger partial charge is 0.352 e. The molecular formula is C21H19N5O. The normalized spacial score (nSPS) is 10.8. The zero-order valence-corrected chi connectivity index (χ0v) is 14.7. The molecule has 0 unspecified atom stereocenters. The van der Waals surface area contributed by atoms with Gasteiger partial charge in [0.1, 0.15) is 12.0 Å². The molecule has 6 nitrogen and oxygen atoms in total. The van der Waals surface area contributed by atoms with E-state index in [0.717, 1.165) is 35.0 Å². The van der Waals surface area contributed by atoms with Crippen molar-refractivity contribution in [2.75, 3.05) is 6.54 Å². The Kier molecular flexibility index (Phi) is 4.87. The molecule has 0 radical (unpaired) electrons. The molecule has 0 fully saturated rings. The first-order valence-corrected chi connectivity index (χ1v) is 8.85. The van der Waals surface area contributed by atoms with Crippen molar-refractivity contribution < 1.29 is 4.79 Å². The number of hydrogen-bond acceptors (Lipinski definition) is 4. The van der Waals surface area contributed by atoms with E-state index in [2.05, 4.69) is 55.6 Å². The van der Waals surface area contributed by atoms with Gasteiger partial charge in [-0.1, -0.05) is 24.3 Å². The minimum Gasteiger partial charge on any atom is -0.352 e. The van der Waals surface area contributed by atoms with Crippen molar-refractivity contribution in [3.05, 3.63) is 78.6 Å². The third-order valence-corrected chi connectivity index (χ3v) is 4.44. The van der Waals surface area contributed by atoms with Crippen molar-refractivity contribution in [3.8, 4) is 11.1 Å². The van der Waals surface area contributed by atoms with Crippen LogP contribution >= 0.6 is 0 Å². The number of fused-ring (bicyclic) bond motifs is 1. The molecule has 2 N–H and O–H groups in total. The number of aromatic amines is 1. The molecule has 0 atom stereocenters. The summed E-state index contributed by atoms with van der Waals surface area (Å²) in [6, 6.07) is 12.6. The minimum atomic E-state index is -0.140. The molecule has 0 bridgehead atoms. The first-order valence-electron chi connectivity index (χ1n) is 8.85. The molecule has 0 saturated heterocycles. The van der Waals surface area contributed by atoms with Crippen LogP contribution in [0.2, 0.25) is 0 Å². The fourth-order valence-electron chi connectivity index (χ4n) is 2.97. The summed E-state index contributed by atoms with van der Waals surface area (Å²) in [4.78, 5) is 27.2. The van der Waals surface area contributed by atoms with Crippen LogP contribution in [0.15, 0.2) is 67.5 Å². The summed E-state index contributed by atoms with van der Waals surface area (Å²) in [6.45, 7) is 0.615. The van der Waals surface area contributed by atoms with Crippen LogP contribution in [0.1, 0.15) is 22.3 Å². The van der Waals surface area contributed by atoms with Crippen LogP contribution in [0.5, 0.6) is 0 Å². The van der Waals surface area contributed by atoms with Crippen molar-refractivity contribution in [1.82, 2.24) is 25.3 Å². The van der Waals surface area contributed by atoms with Gasteiger partial charge < -0.3 is 10.3 Å². The van der Waals surface area contributed by atoms with E-state index in [1.54, 1.807) is 0 Å². The van der Waals surface area contributed by atoms with E-state index in [9.17, 15) is 4.79 Å². The highest BCUT2D eigenvalue weighted by atomic mass is 16.1. The molecule has 0 spiro atoms. The number of hydrogen-bond donors (Lipinski definition) is 2. The number of rotatable bonds is 6. The Bertz CT molecular complexity index is 1040. The molecule has 3 aromatic heterocycles. The third kappa shape index (κ3) is 4.00. The number of aromatic nitrogens is 4. The van der Waals surface area contributed by atoms with E-state index in [-0.39, 0.29) is 5.91 Å². The van der Waals surface area contributed by atoms with Crippen molar-refractivity contribution in [3.63, 3.8) is 0 Å². The summed E-state index contributed by atoms with van der Waals surface area (Å²) in [7, 11) is 0. The van der Waals surface area contributed by atoms with E-state index >= 15 is 0 Å². The molecule has 0 saturated carbocycles. The number of benzene rings is 1. The summed E-state index contributed by atoms with van der Waals surface area (Å²) in [6.07, 6.45) is 10.00. The Morgan fingerprint density at radius 1 is 1.00 bits per heavy atom. The number of nitrogens with zero attached hydrogens (tertiary/aromatic N) is 3. The maximum absolute atomic E-state index is 11.9. The van der Waals surface area contributed by atoms with Crippen LogP contribution in [0.4, 0.5) is 0 Å². The molecule has 0 aliphatic heterocycles. The number of H-pyrrole nitrogens is 1. The molecule has 4 aromatic rings. The SMILES string of the molecule is O=C(NCCCc1ccc(-c2cnc3[nH]ccc3c2)cc1)c1cncnc1. The van der Waals surface area contributed by atoms with Crippen molar-refractivity contribution >= 4 is 16.9 Å². The van der Waals surface area contributed by atoms with Gasteiger partial charge in [0.05, 0.1) is 5.56 Å².